The third-order valence-corrected chi connectivity index (χ3v) is 4.30. The molecular weight excluding hydrogens is 312 g/mol. The highest BCUT2D eigenvalue weighted by Crippen LogP contribution is 2.20. The molecule has 2 aromatic heterocycles. The highest BCUT2D eigenvalue weighted by molar-refractivity contribution is 5.82. The monoisotopic (exact) mass is 332 g/mol. The number of H-pyrrole nitrogens is 1. The molecule has 4 aromatic rings. The fourth-order valence-corrected chi connectivity index (χ4v) is 3.09. The molecule has 0 atom stereocenters. The number of hydrogen-bond donors (Lipinski definition) is 2. The second kappa shape index (κ2) is 6.18. The average Bonchev–Trinajstić information content (AvgIpc) is 3.14. The molecule has 0 aliphatic rings. The third-order valence-electron chi connectivity index (χ3n) is 4.30. The molecule has 2 heterocycles. The predicted molar refractivity (Wildman–Crippen MR) is 101 cm³/mol. The van der Waals surface area contributed by atoms with Crippen LogP contribution in [0.25, 0.3) is 34.2 Å². The molecule has 2 N–H and O–H groups in total. The number of nitrogens with zero attached hydrogens (tertiary/aromatic N) is 3. The van der Waals surface area contributed by atoms with Crippen molar-refractivity contribution >= 4 is 34.2 Å². The summed E-state index contributed by atoms with van der Waals surface area (Å²) in [5.41, 5.74) is 6.32. The molecule has 0 aliphatic heterocycles. The summed E-state index contributed by atoms with van der Waals surface area (Å²) in [7, 11) is 0. The van der Waals surface area contributed by atoms with Crippen molar-refractivity contribution in [3.63, 3.8) is 0 Å². The average molecular weight is 332 g/mol. The zero-order valence-electron chi connectivity index (χ0n) is 14.3. The summed E-state index contributed by atoms with van der Waals surface area (Å²) in [4.78, 5) is 12.6. The first-order valence-electron chi connectivity index (χ1n) is 8.36. The van der Waals surface area contributed by atoms with Crippen molar-refractivity contribution in [2.45, 2.75) is 20.4 Å². The maximum atomic E-state index is 9.41. The molecule has 0 radical (unpaired) electrons. The van der Waals surface area contributed by atoms with Gasteiger partial charge in [0.15, 0.2) is 0 Å². The van der Waals surface area contributed by atoms with Gasteiger partial charge in [-0.1, -0.05) is 12.1 Å². The first-order valence-corrected chi connectivity index (χ1v) is 8.36. The number of aryl methyl sites for hydroxylation is 2. The summed E-state index contributed by atoms with van der Waals surface area (Å²) in [6.45, 7) is 4.71. The van der Waals surface area contributed by atoms with E-state index >= 15 is 0 Å². The van der Waals surface area contributed by atoms with E-state index in [1.807, 2.05) is 34.9 Å². The summed E-state index contributed by atoms with van der Waals surface area (Å²) in [5, 5.41) is 9.41. The van der Waals surface area contributed by atoms with Crippen LogP contribution in [0.1, 0.15) is 22.8 Å². The van der Waals surface area contributed by atoms with E-state index in [9.17, 15) is 5.11 Å². The van der Waals surface area contributed by atoms with Crippen LogP contribution in [0.3, 0.4) is 0 Å². The summed E-state index contributed by atoms with van der Waals surface area (Å²) in [6.07, 6.45) is 3.87. The number of aliphatic hydroxyl groups is 1. The smallest absolute Gasteiger partial charge is 0.134 e. The number of benzene rings is 2. The van der Waals surface area contributed by atoms with Crippen LogP contribution in [-0.2, 0) is 6.54 Å². The van der Waals surface area contributed by atoms with Crippen molar-refractivity contribution in [1.82, 2.24) is 19.5 Å². The molecule has 2 aromatic carbocycles. The molecule has 0 saturated carbocycles. The Morgan fingerprint density at radius 1 is 1.00 bits per heavy atom. The van der Waals surface area contributed by atoms with Gasteiger partial charge in [0.25, 0.3) is 0 Å². The summed E-state index contributed by atoms with van der Waals surface area (Å²) in [6, 6.07) is 12.3. The highest BCUT2D eigenvalue weighted by atomic mass is 16.3. The van der Waals surface area contributed by atoms with Gasteiger partial charge in [-0.3, -0.25) is 0 Å². The van der Waals surface area contributed by atoms with E-state index in [0.29, 0.717) is 6.54 Å². The lowest BCUT2D eigenvalue weighted by molar-refractivity contribution is 0.277. The molecule has 0 aliphatic carbocycles. The van der Waals surface area contributed by atoms with Gasteiger partial charge in [0.2, 0.25) is 0 Å². The molecule has 4 rings (SSSR count). The molecule has 0 fully saturated rings. The second-order valence-electron chi connectivity index (χ2n) is 6.31. The van der Waals surface area contributed by atoms with Gasteiger partial charge in [-0.25, -0.2) is 9.97 Å². The Hall–Kier alpha value is -2.92. The molecular formula is C20H20N4O. The van der Waals surface area contributed by atoms with Gasteiger partial charge in [0.05, 0.1) is 28.7 Å². The van der Waals surface area contributed by atoms with Gasteiger partial charge in [-0.05, 0) is 61.4 Å². The van der Waals surface area contributed by atoms with Crippen LogP contribution in [0, 0.1) is 13.8 Å². The van der Waals surface area contributed by atoms with Gasteiger partial charge in [-0.2, -0.15) is 0 Å². The van der Waals surface area contributed by atoms with Crippen LogP contribution in [0.15, 0.2) is 36.4 Å². The lowest BCUT2D eigenvalue weighted by Gasteiger charge is -2.04. The van der Waals surface area contributed by atoms with E-state index in [0.717, 1.165) is 33.7 Å². The lowest BCUT2D eigenvalue weighted by atomic mass is 10.2. The Morgan fingerprint density at radius 2 is 1.76 bits per heavy atom. The zero-order chi connectivity index (χ0) is 17.4. The SMILES string of the molecule is Cc1ccc2nc(C=Cc3nc4ccc(C)cc4n3CCO)[nH]c2c1. The normalized spacial score (nSPS) is 12.0. The molecule has 0 saturated heterocycles. The number of fused-ring (bicyclic) bond motifs is 2. The number of aromatic nitrogens is 4. The van der Waals surface area contributed by atoms with Crippen LogP contribution in [-0.4, -0.2) is 31.2 Å². The Bertz CT molecular complexity index is 1090. The Morgan fingerprint density at radius 3 is 2.56 bits per heavy atom. The minimum atomic E-state index is 0.0736. The summed E-state index contributed by atoms with van der Waals surface area (Å²) >= 11 is 0. The molecule has 0 spiro atoms. The van der Waals surface area contributed by atoms with Crippen LogP contribution in [0.5, 0.6) is 0 Å². The minimum absolute atomic E-state index is 0.0736. The van der Waals surface area contributed by atoms with E-state index in [2.05, 4.69) is 47.0 Å². The number of imidazole rings is 2. The quantitative estimate of drug-likeness (QED) is 0.599. The van der Waals surface area contributed by atoms with E-state index in [4.69, 9.17) is 0 Å². The van der Waals surface area contributed by atoms with Crippen molar-refractivity contribution in [2.75, 3.05) is 6.61 Å². The van der Waals surface area contributed by atoms with Gasteiger partial charge >= 0.3 is 0 Å². The first-order chi connectivity index (χ1) is 12.1. The predicted octanol–water partition coefficient (Wildman–Crippen LogP) is 3.69. The van der Waals surface area contributed by atoms with Crippen molar-refractivity contribution in [1.29, 1.82) is 0 Å². The molecule has 5 nitrogen and oxygen atoms in total. The van der Waals surface area contributed by atoms with Gasteiger partial charge < -0.3 is 14.7 Å². The minimum Gasteiger partial charge on any atom is -0.395 e. The Kier molecular flexibility index (Phi) is 3.86. The van der Waals surface area contributed by atoms with Crippen molar-refractivity contribution in [2.24, 2.45) is 0 Å². The number of aromatic amines is 1. The maximum absolute atomic E-state index is 9.41. The summed E-state index contributed by atoms with van der Waals surface area (Å²) < 4.78 is 2.03. The fraction of sp³-hybridized carbons (Fsp3) is 0.200. The van der Waals surface area contributed by atoms with Gasteiger partial charge in [-0.15, -0.1) is 0 Å². The van der Waals surface area contributed by atoms with Crippen LogP contribution in [0.2, 0.25) is 0 Å². The molecule has 0 unspecified atom stereocenters. The van der Waals surface area contributed by atoms with Crippen molar-refractivity contribution < 1.29 is 5.11 Å². The summed E-state index contributed by atoms with van der Waals surface area (Å²) in [5.74, 6) is 1.60. The molecule has 25 heavy (non-hydrogen) atoms. The van der Waals surface area contributed by atoms with Crippen LogP contribution >= 0.6 is 0 Å². The van der Waals surface area contributed by atoms with Crippen molar-refractivity contribution in [3.05, 3.63) is 59.2 Å². The molecule has 0 bridgehead atoms. The van der Waals surface area contributed by atoms with E-state index in [1.54, 1.807) is 0 Å². The number of aliphatic hydroxyl groups excluding tert-OH is 1. The van der Waals surface area contributed by atoms with Gasteiger partial charge in [0, 0.05) is 6.54 Å². The number of nitrogens with one attached hydrogen (secondary N) is 1. The van der Waals surface area contributed by atoms with E-state index in [1.165, 1.54) is 11.1 Å². The number of rotatable bonds is 4. The standard InChI is InChI=1S/C20H20N4O/c1-13-3-5-15-17(11-13)22-19(21-15)7-8-20-23-16-6-4-14(2)12-18(16)24(20)9-10-25/h3-8,11-12,25H,9-10H2,1-2H3,(H,21,22). The van der Waals surface area contributed by atoms with Crippen molar-refractivity contribution in [3.8, 4) is 0 Å². The Labute approximate surface area is 145 Å². The first kappa shape index (κ1) is 15.6. The largest absolute Gasteiger partial charge is 0.395 e. The molecule has 5 heteroatoms. The molecule has 126 valence electrons. The molecule has 0 amide bonds. The highest BCUT2D eigenvalue weighted by Gasteiger charge is 2.09. The lowest BCUT2D eigenvalue weighted by Crippen LogP contribution is -2.04. The number of hydrogen-bond acceptors (Lipinski definition) is 3. The Balaban J connectivity index is 1.75. The zero-order valence-corrected chi connectivity index (χ0v) is 14.3. The van der Waals surface area contributed by atoms with Gasteiger partial charge in [0.1, 0.15) is 11.6 Å². The topological polar surface area (TPSA) is 66.7 Å². The van der Waals surface area contributed by atoms with E-state index in [-0.39, 0.29) is 6.61 Å². The fourth-order valence-electron chi connectivity index (χ4n) is 3.09. The van der Waals surface area contributed by atoms with E-state index < -0.39 is 0 Å². The van der Waals surface area contributed by atoms with Crippen LogP contribution in [0.4, 0.5) is 0 Å². The second-order valence-corrected chi connectivity index (χ2v) is 6.31. The maximum Gasteiger partial charge on any atom is 0.134 e. The third kappa shape index (κ3) is 2.94. The van der Waals surface area contributed by atoms with Crippen LogP contribution < -0.4 is 0 Å².